The molecule has 0 unspecified atom stereocenters. The molecule has 2 N–H and O–H groups in total. The van der Waals surface area contributed by atoms with Crippen LogP contribution in [0.25, 0.3) is 11.3 Å². The van der Waals surface area contributed by atoms with Gasteiger partial charge in [-0.2, -0.15) is 0 Å². The van der Waals surface area contributed by atoms with Gasteiger partial charge in [0.2, 0.25) is 0 Å². The van der Waals surface area contributed by atoms with E-state index in [-0.39, 0.29) is 5.92 Å². The van der Waals surface area contributed by atoms with E-state index in [9.17, 15) is 0 Å². The van der Waals surface area contributed by atoms with E-state index >= 15 is 0 Å². The van der Waals surface area contributed by atoms with Gasteiger partial charge in [-0.1, -0.05) is 37.6 Å². The number of anilines is 1. The van der Waals surface area contributed by atoms with Crippen LogP contribution in [-0.2, 0) is 0 Å². The van der Waals surface area contributed by atoms with Gasteiger partial charge in [-0.3, -0.25) is 0 Å². The summed E-state index contributed by atoms with van der Waals surface area (Å²) in [5.41, 5.74) is 8.66. The summed E-state index contributed by atoms with van der Waals surface area (Å²) in [6.45, 7) is 6.02. The van der Waals surface area contributed by atoms with E-state index in [0.717, 1.165) is 22.6 Å². The molecule has 0 fully saturated rings. The highest BCUT2D eigenvalue weighted by molar-refractivity contribution is 6.30. The first-order valence-corrected chi connectivity index (χ1v) is 6.26. The molecule has 0 saturated heterocycles. The summed E-state index contributed by atoms with van der Waals surface area (Å²) in [6.07, 6.45) is 0. The second-order valence-electron chi connectivity index (χ2n) is 4.61. The van der Waals surface area contributed by atoms with E-state index in [1.54, 1.807) is 0 Å². The van der Waals surface area contributed by atoms with E-state index < -0.39 is 0 Å². The zero-order valence-electron chi connectivity index (χ0n) is 10.7. The number of hydrogen-bond donors (Lipinski definition) is 1. The molecule has 1 aromatic heterocycles. The van der Waals surface area contributed by atoms with Gasteiger partial charge in [0.15, 0.2) is 0 Å². The maximum absolute atomic E-state index is 6.01. The van der Waals surface area contributed by atoms with Crippen LogP contribution in [0, 0.1) is 6.92 Å². The quantitative estimate of drug-likeness (QED) is 0.894. The molecule has 0 amide bonds. The molecule has 1 aromatic carbocycles. The Balaban J connectivity index is 2.63. The Kier molecular flexibility index (Phi) is 3.53. The molecule has 2 rings (SSSR count). The Bertz CT molecular complexity index is 579. The molecule has 4 heteroatoms. The number of halogens is 1. The van der Waals surface area contributed by atoms with Gasteiger partial charge in [-0.05, 0) is 19.1 Å². The van der Waals surface area contributed by atoms with Crippen LogP contribution < -0.4 is 5.73 Å². The Morgan fingerprint density at radius 2 is 1.94 bits per heavy atom. The minimum absolute atomic E-state index is 0.242. The third-order valence-electron chi connectivity index (χ3n) is 2.82. The molecule has 0 bridgehead atoms. The zero-order chi connectivity index (χ0) is 13.3. The van der Waals surface area contributed by atoms with E-state index in [0.29, 0.717) is 10.8 Å². The van der Waals surface area contributed by atoms with Crippen molar-refractivity contribution in [3.8, 4) is 11.3 Å². The van der Waals surface area contributed by atoms with Crippen LogP contribution in [0.3, 0.4) is 0 Å². The molecule has 2 aromatic rings. The molecular formula is C14H16ClN3. The van der Waals surface area contributed by atoms with Crippen molar-refractivity contribution in [1.29, 1.82) is 0 Å². The monoisotopic (exact) mass is 261 g/mol. The van der Waals surface area contributed by atoms with Gasteiger partial charge in [-0.25, -0.2) is 9.97 Å². The van der Waals surface area contributed by atoms with E-state index in [4.69, 9.17) is 17.3 Å². The van der Waals surface area contributed by atoms with Crippen molar-refractivity contribution in [2.75, 3.05) is 5.73 Å². The molecule has 94 valence electrons. The highest BCUT2D eigenvalue weighted by Crippen LogP contribution is 2.27. The summed E-state index contributed by atoms with van der Waals surface area (Å²) in [4.78, 5) is 8.91. The van der Waals surface area contributed by atoms with Gasteiger partial charge >= 0.3 is 0 Å². The third-order valence-corrected chi connectivity index (χ3v) is 3.05. The molecule has 0 aliphatic rings. The largest absolute Gasteiger partial charge is 0.383 e. The van der Waals surface area contributed by atoms with Crippen LogP contribution in [0.1, 0.15) is 31.2 Å². The van der Waals surface area contributed by atoms with Gasteiger partial charge in [0.25, 0.3) is 0 Å². The minimum atomic E-state index is 0.242. The van der Waals surface area contributed by atoms with Crippen LogP contribution in [0.2, 0.25) is 5.02 Å². The van der Waals surface area contributed by atoms with Gasteiger partial charge in [0.05, 0.1) is 5.69 Å². The lowest BCUT2D eigenvalue weighted by Gasteiger charge is -2.12. The third kappa shape index (κ3) is 2.46. The number of aromatic nitrogens is 2. The fourth-order valence-corrected chi connectivity index (χ4v) is 1.92. The molecule has 0 saturated carbocycles. The first-order valence-electron chi connectivity index (χ1n) is 5.89. The Labute approximate surface area is 112 Å². The van der Waals surface area contributed by atoms with Gasteiger partial charge in [0, 0.05) is 22.1 Å². The SMILES string of the molecule is Cc1c(N)nc(C(C)C)nc1-c1cccc(Cl)c1. The van der Waals surface area contributed by atoms with Gasteiger partial charge in [0.1, 0.15) is 11.6 Å². The number of nitrogens with two attached hydrogens (primary N) is 1. The van der Waals surface area contributed by atoms with Gasteiger partial charge in [-0.15, -0.1) is 0 Å². The molecule has 0 radical (unpaired) electrons. The van der Waals surface area contributed by atoms with Gasteiger partial charge < -0.3 is 5.73 Å². The van der Waals surface area contributed by atoms with Crippen molar-refractivity contribution >= 4 is 17.4 Å². The van der Waals surface area contributed by atoms with Crippen molar-refractivity contribution in [2.45, 2.75) is 26.7 Å². The molecule has 0 spiro atoms. The number of hydrogen-bond acceptors (Lipinski definition) is 3. The first kappa shape index (κ1) is 12.8. The van der Waals surface area contributed by atoms with Crippen molar-refractivity contribution in [2.24, 2.45) is 0 Å². The molecule has 0 atom stereocenters. The summed E-state index contributed by atoms with van der Waals surface area (Å²) in [7, 11) is 0. The first-order chi connectivity index (χ1) is 8.49. The topological polar surface area (TPSA) is 51.8 Å². The van der Waals surface area contributed by atoms with Crippen LogP contribution >= 0.6 is 11.6 Å². The van der Waals surface area contributed by atoms with Crippen LogP contribution in [0.5, 0.6) is 0 Å². The fraction of sp³-hybridized carbons (Fsp3) is 0.286. The van der Waals surface area contributed by atoms with Crippen molar-refractivity contribution in [3.05, 3.63) is 40.7 Å². The summed E-state index contributed by atoms with van der Waals surface area (Å²) < 4.78 is 0. The summed E-state index contributed by atoms with van der Waals surface area (Å²) in [5, 5.41) is 0.690. The average molecular weight is 262 g/mol. The van der Waals surface area contributed by atoms with Crippen molar-refractivity contribution in [3.63, 3.8) is 0 Å². The van der Waals surface area contributed by atoms with Crippen molar-refractivity contribution in [1.82, 2.24) is 9.97 Å². The smallest absolute Gasteiger partial charge is 0.133 e. The summed E-state index contributed by atoms with van der Waals surface area (Å²) >= 11 is 6.01. The summed E-state index contributed by atoms with van der Waals surface area (Å²) in [5.74, 6) is 1.53. The molecular weight excluding hydrogens is 246 g/mol. The maximum atomic E-state index is 6.01. The fourth-order valence-electron chi connectivity index (χ4n) is 1.73. The lowest BCUT2D eigenvalue weighted by molar-refractivity contribution is 0.776. The Morgan fingerprint density at radius 3 is 2.56 bits per heavy atom. The highest BCUT2D eigenvalue weighted by Gasteiger charge is 2.12. The highest BCUT2D eigenvalue weighted by atomic mass is 35.5. The predicted octanol–water partition coefficient (Wildman–Crippen LogP) is 3.81. The summed E-state index contributed by atoms with van der Waals surface area (Å²) in [6, 6.07) is 7.62. The number of benzene rings is 1. The lowest BCUT2D eigenvalue weighted by Crippen LogP contribution is -2.06. The Hall–Kier alpha value is -1.61. The van der Waals surface area contributed by atoms with E-state index in [1.165, 1.54) is 0 Å². The molecule has 0 aliphatic carbocycles. The number of nitrogens with zero attached hydrogens (tertiary/aromatic N) is 2. The molecule has 0 aliphatic heterocycles. The molecule has 3 nitrogen and oxygen atoms in total. The minimum Gasteiger partial charge on any atom is -0.383 e. The van der Waals surface area contributed by atoms with Crippen LogP contribution in [0.15, 0.2) is 24.3 Å². The maximum Gasteiger partial charge on any atom is 0.133 e. The molecule has 18 heavy (non-hydrogen) atoms. The average Bonchev–Trinajstić information content (AvgIpc) is 2.32. The van der Waals surface area contributed by atoms with E-state index in [1.807, 2.05) is 45.0 Å². The Morgan fingerprint density at radius 1 is 1.22 bits per heavy atom. The molecule has 1 heterocycles. The lowest BCUT2D eigenvalue weighted by atomic mass is 10.1. The number of rotatable bonds is 2. The van der Waals surface area contributed by atoms with E-state index in [2.05, 4.69) is 9.97 Å². The second-order valence-corrected chi connectivity index (χ2v) is 5.04. The standard InChI is InChI=1S/C14H16ClN3/c1-8(2)14-17-12(9(3)13(16)18-14)10-5-4-6-11(15)7-10/h4-8H,1-3H3,(H2,16,17,18). The number of nitrogen functional groups attached to an aromatic ring is 1. The van der Waals surface area contributed by atoms with Crippen molar-refractivity contribution < 1.29 is 0 Å². The zero-order valence-corrected chi connectivity index (χ0v) is 11.5. The predicted molar refractivity (Wildman–Crippen MR) is 75.7 cm³/mol. The second kappa shape index (κ2) is 4.94. The normalized spacial score (nSPS) is 10.9. The van der Waals surface area contributed by atoms with Crippen LogP contribution in [-0.4, -0.2) is 9.97 Å². The van der Waals surface area contributed by atoms with Crippen LogP contribution in [0.4, 0.5) is 5.82 Å².